The average Bonchev–Trinajstić information content (AvgIpc) is 2.74. The largest absolute Gasteiger partial charge is 0.419 e. The van der Waals surface area contributed by atoms with E-state index in [1.54, 1.807) is 25.2 Å². The van der Waals surface area contributed by atoms with E-state index in [2.05, 4.69) is 7.05 Å². The standard InChI is InChI=1S/C15H19N2O4/c1-16-12-4-3-11(9-14(12)21-15(16)19)13(18)10-17(2)5-7-20-8-6-17/h3-4,9H,5-8,10H2,1-2H3/q+1. The zero-order valence-electron chi connectivity index (χ0n) is 12.3. The van der Waals surface area contributed by atoms with Crippen molar-refractivity contribution in [3.8, 4) is 0 Å². The van der Waals surface area contributed by atoms with Gasteiger partial charge in [-0.05, 0) is 18.2 Å². The Kier molecular flexibility index (Phi) is 3.43. The lowest BCUT2D eigenvalue weighted by molar-refractivity contribution is -0.908. The van der Waals surface area contributed by atoms with Gasteiger partial charge in [0.25, 0.3) is 0 Å². The lowest BCUT2D eigenvalue weighted by Gasteiger charge is -2.36. The minimum atomic E-state index is -0.415. The molecule has 3 rings (SSSR count). The summed E-state index contributed by atoms with van der Waals surface area (Å²) in [5.41, 5.74) is 1.74. The first-order valence-electron chi connectivity index (χ1n) is 7.03. The molecule has 0 bridgehead atoms. The normalized spacial score (nSPS) is 18.0. The molecule has 1 aliphatic heterocycles. The van der Waals surface area contributed by atoms with Gasteiger partial charge < -0.3 is 13.6 Å². The summed E-state index contributed by atoms with van der Waals surface area (Å²) in [7, 11) is 3.72. The van der Waals surface area contributed by atoms with Crippen molar-refractivity contribution in [3.05, 3.63) is 34.3 Å². The Morgan fingerprint density at radius 1 is 1.33 bits per heavy atom. The molecule has 0 spiro atoms. The number of likely N-dealkylation sites (N-methyl/N-ethyl adjacent to an activating group) is 1. The second-order valence-corrected chi connectivity index (χ2v) is 5.87. The van der Waals surface area contributed by atoms with Gasteiger partial charge in [-0.15, -0.1) is 0 Å². The van der Waals surface area contributed by atoms with Gasteiger partial charge in [-0.25, -0.2) is 4.79 Å². The smallest absolute Gasteiger partial charge is 0.408 e. The summed E-state index contributed by atoms with van der Waals surface area (Å²) in [5, 5.41) is 0. The number of rotatable bonds is 3. The van der Waals surface area contributed by atoms with Crippen molar-refractivity contribution in [2.75, 3.05) is 39.9 Å². The van der Waals surface area contributed by atoms with Crippen molar-refractivity contribution in [2.24, 2.45) is 7.05 Å². The minimum Gasteiger partial charge on any atom is -0.408 e. The zero-order valence-corrected chi connectivity index (χ0v) is 12.3. The van der Waals surface area contributed by atoms with Crippen LogP contribution < -0.4 is 5.76 Å². The summed E-state index contributed by atoms with van der Waals surface area (Å²) in [4.78, 5) is 24.0. The van der Waals surface area contributed by atoms with Gasteiger partial charge in [0.05, 0.1) is 25.8 Å². The topological polar surface area (TPSA) is 61.4 Å². The molecule has 6 heteroatoms. The highest BCUT2D eigenvalue weighted by Gasteiger charge is 2.28. The minimum absolute atomic E-state index is 0.0628. The number of carbonyl (C=O) groups excluding carboxylic acids is 1. The Balaban J connectivity index is 1.86. The Bertz CT molecular complexity index is 738. The van der Waals surface area contributed by atoms with Gasteiger partial charge in [0, 0.05) is 12.6 Å². The van der Waals surface area contributed by atoms with Crippen LogP contribution in [-0.4, -0.2) is 54.7 Å². The SMILES string of the molecule is Cn1c(=O)oc2cc(C(=O)C[N+]3(C)CCOCC3)ccc21. The van der Waals surface area contributed by atoms with Crippen molar-refractivity contribution in [1.82, 2.24) is 4.57 Å². The summed E-state index contributed by atoms with van der Waals surface area (Å²) in [6, 6.07) is 5.17. The maximum Gasteiger partial charge on any atom is 0.419 e. The molecule has 112 valence electrons. The summed E-state index contributed by atoms with van der Waals surface area (Å²) >= 11 is 0. The van der Waals surface area contributed by atoms with Crippen LogP contribution in [0, 0.1) is 0 Å². The van der Waals surface area contributed by atoms with Gasteiger partial charge in [0.1, 0.15) is 19.6 Å². The van der Waals surface area contributed by atoms with Crippen LogP contribution in [0.3, 0.4) is 0 Å². The molecule has 0 saturated carbocycles. The number of morpholine rings is 1. The predicted octanol–water partition coefficient (Wildman–Crippen LogP) is 0.791. The molecule has 1 aliphatic rings. The molecule has 1 aromatic carbocycles. The van der Waals surface area contributed by atoms with Gasteiger partial charge in [-0.1, -0.05) is 0 Å². The fraction of sp³-hybridized carbons (Fsp3) is 0.467. The molecule has 0 aliphatic carbocycles. The Labute approximate surface area is 122 Å². The van der Waals surface area contributed by atoms with E-state index in [1.165, 1.54) is 4.57 Å². The quantitative estimate of drug-likeness (QED) is 0.619. The maximum atomic E-state index is 12.5. The monoisotopic (exact) mass is 291 g/mol. The summed E-state index contributed by atoms with van der Waals surface area (Å²) in [6.07, 6.45) is 0. The molecule has 1 fully saturated rings. The van der Waals surface area contributed by atoms with Crippen LogP contribution in [0.1, 0.15) is 10.4 Å². The van der Waals surface area contributed by atoms with E-state index in [4.69, 9.17) is 9.15 Å². The van der Waals surface area contributed by atoms with Crippen LogP contribution in [0.4, 0.5) is 0 Å². The number of Topliss-reactive ketones (excluding diaryl/α,β-unsaturated/α-hetero) is 1. The summed E-state index contributed by atoms with van der Waals surface area (Å²) in [6.45, 7) is 3.50. The first-order valence-corrected chi connectivity index (χ1v) is 7.03. The number of benzene rings is 1. The fourth-order valence-electron chi connectivity index (χ4n) is 2.69. The zero-order chi connectivity index (χ0) is 15.0. The van der Waals surface area contributed by atoms with Crippen molar-refractivity contribution in [2.45, 2.75) is 0 Å². The summed E-state index contributed by atoms with van der Waals surface area (Å²) < 4.78 is 12.6. The molecule has 0 atom stereocenters. The van der Waals surface area contributed by atoms with Gasteiger partial charge in [-0.3, -0.25) is 9.36 Å². The number of carbonyl (C=O) groups is 1. The van der Waals surface area contributed by atoms with Crippen LogP contribution in [0.15, 0.2) is 27.4 Å². The number of nitrogens with zero attached hydrogens (tertiary/aromatic N) is 2. The van der Waals surface area contributed by atoms with E-state index in [0.717, 1.165) is 13.1 Å². The number of ether oxygens (including phenoxy) is 1. The van der Waals surface area contributed by atoms with Crippen LogP contribution in [0.2, 0.25) is 0 Å². The number of hydrogen-bond acceptors (Lipinski definition) is 4. The Morgan fingerprint density at radius 3 is 2.76 bits per heavy atom. The molecular weight excluding hydrogens is 272 g/mol. The molecule has 0 radical (unpaired) electrons. The molecule has 1 aromatic heterocycles. The number of aromatic nitrogens is 1. The number of fused-ring (bicyclic) bond motifs is 1. The van der Waals surface area contributed by atoms with Crippen molar-refractivity contribution >= 4 is 16.9 Å². The van der Waals surface area contributed by atoms with Gasteiger partial charge >= 0.3 is 5.76 Å². The molecular formula is C15H19N2O4+. The number of oxazole rings is 1. The third-order valence-electron chi connectivity index (χ3n) is 4.19. The summed E-state index contributed by atoms with van der Waals surface area (Å²) in [5.74, 6) is -0.352. The van der Waals surface area contributed by atoms with Crippen molar-refractivity contribution in [1.29, 1.82) is 0 Å². The number of ketones is 1. The van der Waals surface area contributed by atoms with Crippen molar-refractivity contribution < 1.29 is 18.4 Å². The third-order valence-corrected chi connectivity index (χ3v) is 4.19. The predicted molar refractivity (Wildman–Crippen MR) is 77.4 cm³/mol. The third kappa shape index (κ3) is 2.64. The van der Waals surface area contributed by atoms with E-state index in [0.29, 0.717) is 40.9 Å². The molecule has 1 saturated heterocycles. The van der Waals surface area contributed by atoms with Crippen LogP contribution in [0.25, 0.3) is 11.1 Å². The van der Waals surface area contributed by atoms with Gasteiger partial charge in [0.2, 0.25) is 5.78 Å². The molecule has 0 unspecified atom stereocenters. The van der Waals surface area contributed by atoms with E-state index in [-0.39, 0.29) is 5.78 Å². The van der Waals surface area contributed by atoms with E-state index < -0.39 is 5.76 Å². The number of aryl methyl sites for hydroxylation is 1. The highest BCUT2D eigenvalue weighted by Crippen LogP contribution is 2.16. The molecule has 2 aromatic rings. The lowest BCUT2D eigenvalue weighted by Crippen LogP contribution is -2.54. The molecule has 2 heterocycles. The molecule has 0 N–H and O–H groups in total. The highest BCUT2D eigenvalue weighted by atomic mass is 16.5. The van der Waals surface area contributed by atoms with Crippen molar-refractivity contribution in [3.63, 3.8) is 0 Å². The second-order valence-electron chi connectivity index (χ2n) is 5.87. The molecule has 0 amide bonds. The number of hydrogen-bond donors (Lipinski definition) is 0. The molecule has 21 heavy (non-hydrogen) atoms. The highest BCUT2D eigenvalue weighted by molar-refractivity contribution is 5.99. The second kappa shape index (κ2) is 5.13. The first-order chi connectivity index (χ1) is 9.98. The average molecular weight is 291 g/mol. The van der Waals surface area contributed by atoms with Crippen LogP contribution >= 0.6 is 0 Å². The number of quaternary nitrogens is 1. The first kappa shape index (κ1) is 14.0. The van der Waals surface area contributed by atoms with Gasteiger partial charge in [0.15, 0.2) is 5.58 Å². The van der Waals surface area contributed by atoms with Crippen LogP contribution in [-0.2, 0) is 11.8 Å². The lowest BCUT2D eigenvalue weighted by atomic mass is 10.1. The van der Waals surface area contributed by atoms with E-state index in [9.17, 15) is 9.59 Å². The Hall–Kier alpha value is -1.92. The molecule has 6 nitrogen and oxygen atoms in total. The van der Waals surface area contributed by atoms with Crippen LogP contribution in [0.5, 0.6) is 0 Å². The van der Waals surface area contributed by atoms with E-state index in [1.807, 2.05) is 0 Å². The Morgan fingerprint density at radius 2 is 2.05 bits per heavy atom. The maximum absolute atomic E-state index is 12.5. The van der Waals surface area contributed by atoms with E-state index >= 15 is 0 Å². The van der Waals surface area contributed by atoms with Gasteiger partial charge in [-0.2, -0.15) is 0 Å². The fourth-order valence-corrected chi connectivity index (χ4v) is 2.69.